The molecule has 3 nitrogen and oxygen atoms in total. The minimum absolute atomic E-state index is 0.163. The van der Waals surface area contributed by atoms with Crippen molar-refractivity contribution >= 4 is 5.69 Å². The van der Waals surface area contributed by atoms with Gasteiger partial charge >= 0.3 is 0 Å². The Hall–Kier alpha value is -1.91. The summed E-state index contributed by atoms with van der Waals surface area (Å²) in [6.07, 6.45) is 4.05. The van der Waals surface area contributed by atoms with Gasteiger partial charge in [-0.05, 0) is 67.5 Å². The standard InChI is InChI=1S/C23H29FN2O/c1-17(27)20-5-4-19-9-15-26(23(19)16-20)22-10-13-25(14-11-22)12-8-18-2-6-21(24)7-3-18/h2-7,16-17,22,27H,8-15H2,1H3. The fraction of sp³-hybridized carbons (Fsp3) is 0.478. The largest absolute Gasteiger partial charge is 0.389 e. The molecule has 2 aliphatic heterocycles. The lowest BCUT2D eigenvalue weighted by molar-refractivity contribution is 0.199. The first-order valence-corrected chi connectivity index (χ1v) is 10.1. The lowest BCUT2D eigenvalue weighted by Crippen LogP contribution is -2.45. The molecule has 27 heavy (non-hydrogen) atoms. The van der Waals surface area contributed by atoms with Gasteiger partial charge in [0.1, 0.15) is 5.82 Å². The zero-order chi connectivity index (χ0) is 18.8. The Kier molecular flexibility index (Phi) is 5.46. The Labute approximate surface area is 161 Å². The maximum atomic E-state index is 13.0. The maximum absolute atomic E-state index is 13.0. The van der Waals surface area contributed by atoms with Crippen LogP contribution in [-0.4, -0.2) is 42.2 Å². The van der Waals surface area contributed by atoms with Gasteiger partial charge in [0.2, 0.25) is 0 Å². The van der Waals surface area contributed by atoms with E-state index >= 15 is 0 Å². The molecule has 1 unspecified atom stereocenters. The van der Waals surface area contributed by atoms with Gasteiger partial charge in [0.25, 0.3) is 0 Å². The van der Waals surface area contributed by atoms with Crippen molar-refractivity contribution in [2.45, 2.75) is 44.8 Å². The molecule has 1 atom stereocenters. The van der Waals surface area contributed by atoms with Crippen LogP contribution < -0.4 is 4.90 Å². The van der Waals surface area contributed by atoms with E-state index in [1.165, 1.54) is 29.7 Å². The highest BCUT2D eigenvalue weighted by Gasteiger charge is 2.29. The van der Waals surface area contributed by atoms with Gasteiger partial charge in [-0.15, -0.1) is 0 Å². The molecule has 0 amide bonds. The van der Waals surface area contributed by atoms with E-state index in [4.69, 9.17) is 0 Å². The van der Waals surface area contributed by atoms with E-state index in [1.807, 2.05) is 19.1 Å². The van der Waals surface area contributed by atoms with E-state index in [0.717, 1.165) is 44.6 Å². The molecule has 144 valence electrons. The number of hydrogen-bond donors (Lipinski definition) is 1. The first kappa shape index (κ1) is 18.5. The van der Waals surface area contributed by atoms with Gasteiger partial charge in [-0.3, -0.25) is 0 Å². The van der Waals surface area contributed by atoms with Crippen LogP contribution in [0.1, 0.15) is 42.6 Å². The maximum Gasteiger partial charge on any atom is 0.123 e. The third-order valence-electron chi connectivity index (χ3n) is 6.15. The van der Waals surface area contributed by atoms with Crippen LogP contribution in [0.4, 0.5) is 10.1 Å². The zero-order valence-electron chi connectivity index (χ0n) is 16.1. The second kappa shape index (κ2) is 7.99. The second-order valence-corrected chi connectivity index (χ2v) is 7.96. The number of anilines is 1. The van der Waals surface area contributed by atoms with Crippen LogP contribution in [0, 0.1) is 5.82 Å². The summed E-state index contributed by atoms with van der Waals surface area (Å²) in [7, 11) is 0. The van der Waals surface area contributed by atoms with Gasteiger partial charge in [-0.25, -0.2) is 4.39 Å². The number of piperidine rings is 1. The lowest BCUT2D eigenvalue weighted by atomic mass is 10.0. The van der Waals surface area contributed by atoms with Crippen molar-refractivity contribution in [3.05, 3.63) is 65.0 Å². The topological polar surface area (TPSA) is 26.7 Å². The molecule has 0 aromatic heterocycles. The number of rotatable bonds is 5. The van der Waals surface area contributed by atoms with Crippen LogP contribution in [0.15, 0.2) is 42.5 Å². The van der Waals surface area contributed by atoms with Crippen LogP contribution in [0.5, 0.6) is 0 Å². The Balaban J connectivity index is 1.32. The first-order chi connectivity index (χ1) is 13.1. The fourth-order valence-corrected chi connectivity index (χ4v) is 4.45. The number of benzene rings is 2. The molecule has 2 aromatic rings. The summed E-state index contributed by atoms with van der Waals surface area (Å²) in [5.41, 5.74) is 4.96. The van der Waals surface area contributed by atoms with Crippen LogP contribution in [0.25, 0.3) is 0 Å². The van der Waals surface area contributed by atoms with E-state index in [0.29, 0.717) is 6.04 Å². The Morgan fingerprint density at radius 2 is 1.81 bits per heavy atom. The van der Waals surface area contributed by atoms with Crippen LogP contribution >= 0.6 is 0 Å². The molecule has 1 N–H and O–H groups in total. The summed E-state index contributed by atoms with van der Waals surface area (Å²) in [6, 6.07) is 13.9. The molecule has 0 saturated carbocycles. The molecule has 4 rings (SSSR count). The van der Waals surface area contributed by atoms with Crippen molar-refractivity contribution in [2.75, 3.05) is 31.1 Å². The Morgan fingerprint density at radius 1 is 1.07 bits per heavy atom. The monoisotopic (exact) mass is 368 g/mol. The molecule has 2 aromatic carbocycles. The van der Waals surface area contributed by atoms with Crippen LogP contribution in [0.2, 0.25) is 0 Å². The third kappa shape index (κ3) is 4.17. The van der Waals surface area contributed by atoms with Crippen molar-refractivity contribution in [1.29, 1.82) is 0 Å². The Bertz CT molecular complexity index is 766. The van der Waals surface area contributed by atoms with Crippen molar-refractivity contribution in [1.82, 2.24) is 4.90 Å². The van der Waals surface area contributed by atoms with Crippen molar-refractivity contribution in [3.8, 4) is 0 Å². The van der Waals surface area contributed by atoms with Crippen molar-refractivity contribution < 1.29 is 9.50 Å². The molecule has 1 saturated heterocycles. The number of aliphatic hydroxyl groups excluding tert-OH is 1. The fourth-order valence-electron chi connectivity index (χ4n) is 4.45. The van der Waals surface area contributed by atoms with Crippen molar-refractivity contribution in [3.63, 3.8) is 0 Å². The molecule has 4 heteroatoms. The lowest BCUT2D eigenvalue weighted by Gasteiger charge is -2.38. The summed E-state index contributed by atoms with van der Waals surface area (Å²) in [4.78, 5) is 5.10. The second-order valence-electron chi connectivity index (χ2n) is 7.96. The van der Waals surface area contributed by atoms with E-state index in [-0.39, 0.29) is 5.82 Å². The van der Waals surface area contributed by atoms with E-state index in [9.17, 15) is 9.50 Å². The molecule has 0 radical (unpaired) electrons. The summed E-state index contributed by atoms with van der Waals surface area (Å²) in [6.45, 7) is 6.21. The number of fused-ring (bicyclic) bond motifs is 1. The van der Waals surface area contributed by atoms with Crippen LogP contribution in [-0.2, 0) is 12.8 Å². The van der Waals surface area contributed by atoms with E-state index in [2.05, 4.69) is 28.0 Å². The molecular weight excluding hydrogens is 339 g/mol. The minimum Gasteiger partial charge on any atom is -0.389 e. The predicted molar refractivity (Wildman–Crippen MR) is 108 cm³/mol. The van der Waals surface area contributed by atoms with E-state index in [1.54, 1.807) is 12.1 Å². The number of aliphatic hydroxyl groups is 1. The summed E-state index contributed by atoms with van der Waals surface area (Å²) >= 11 is 0. The average molecular weight is 368 g/mol. The molecule has 2 aliphatic rings. The zero-order valence-corrected chi connectivity index (χ0v) is 16.1. The predicted octanol–water partition coefficient (Wildman–Crippen LogP) is 3.95. The highest BCUT2D eigenvalue weighted by atomic mass is 19.1. The highest BCUT2D eigenvalue weighted by Crippen LogP contribution is 2.34. The van der Waals surface area contributed by atoms with Gasteiger partial charge in [-0.2, -0.15) is 0 Å². The summed E-state index contributed by atoms with van der Waals surface area (Å²) < 4.78 is 13.0. The third-order valence-corrected chi connectivity index (χ3v) is 6.15. The molecule has 1 fully saturated rings. The Morgan fingerprint density at radius 3 is 2.52 bits per heavy atom. The van der Waals surface area contributed by atoms with Gasteiger partial charge in [0, 0.05) is 37.9 Å². The van der Waals surface area contributed by atoms with Gasteiger partial charge in [-0.1, -0.05) is 24.3 Å². The van der Waals surface area contributed by atoms with Crippen LogP contribution in [0.3, 0.4) is 0 Å². The number of hydrogen-bond acceptors (Lipinski definition) is 3. The van der Waals surface area contributed by atoms with Gasteiger partial charge < -0.3 is 14.9 Å². The van der Waals surface area contributed by atoms with Gasteiger partial charge in [0.05, 0.1) is 6.10 Å². The number of halogens is 1. The molecular formula is C23H29FN2O. The number of nitrogens with zero attached hydrogens (tertiary/aromatic N) is 2. The highest BCUT2D eigenvalue weighted by molar-refractivity contribution is 5.60. The smallest absolute Gasteiger partial charge is 0.123 e. The van der Waals surface area contributed by atoms with E-state index < -0.39 is 6.10 Å². The summed E-state index contributed by atoms with van der Waals surface area (Å²) in [5.74, 6) is -0.163. The molecule has 0 spiro atoms. The molecule has 0 aliphatic carbocycles. The molecule has 0 bridgehead atoms. The summed E-state index contributed by atoms with van der Waals surface area (Å²) in [5, 5.41) is 9.91. The average Bonchev–Trinajstić information content (AvgIpc) is 3.11. The first-order valence-electron chi connectivity index (χ1n) is 10.1. The minimum atomic E-state index is -0.411. The molecule has 2 heterocycles. The van der Waals surface area contributed by atoms with Gasteiger partial charge in [0.15, 0.2) is 0 Å². The quantitative estimate of drug-likeness (QED) is 0.866. The SMILES string of the molecule is CC(O)c1ccc2c(c1)N(C1CCN(CCc3ccc(F)cc3)CC1)CC2. The number of likely N-dealkylation sites (tertiary alicyclic amines) is 1. The van der Waals surface area contributed by atoms with Crippen molar-refractivity contribution in [2.24, 2.45) is 0 Å². The normalized spacial score (nSPS) is 19.3.